The van der Waals surface area contributed by atoms with Crippen LogP contribution < -0.4 is 5.32 Å². The van der Waals surface area contributed by atoms with Crippen molar-refractivity contribution in [3.63, 3.8) is 0 Å². The molecule has 1 saturated heterocycles. The molecule has 0 aromatic heterocycles. The Labute approximate surface area is 221 Å². The Balaban J connectivity index is 1.11. The van der Waals surface area contributed by atoms with Gasteiger partial charge in [-0.3, -0.25) is 9.69 Å². The third kappa shape index (κ3) is 6.65. The van der Waals surface area contributed by atoms with E-state index in [0.29, 0.717) is 19.5 Å². The van der Waals surface area contributed by atoms with E-state index in [2.05, 4.69) is 31.0 Å². The smallest absolute Gasteiger partial charge is 0.317 e. The predicted octanol–water partition coefficient (Wildman–Crippen LogP) is 4.89. The summed E-state index contributed by atoms with van der Waals surface area (Å²) >= 11 is 0. The Hall–Kier alpha value is -2.15. The Morgan fingerprint density at radius 1 is 0.973 bits per heavy atom. The van der Waals surface area contributed by atoms with E-state index in [1.165, 1.54) is 50.7 Å². The summed E-state index contributed by atoms with van der Waals surface area (Å²) in [6.07, 6.45) is 8.15. The molecule has 0 radical (unpaired) electrons. The van der Waals surface area contributed by atoms with Gasteiger partial charge in [0.05, 0.1) is 0 Å². The summed E-state index contributed by atoms with van der Waals surface area (Å²) in [6.45, 7) is 11.2. The van der Waals surface area contributed by atoms with Gasteiger partial charge in [0.25, 0.3) is 0 Å². The number of benzene rings is 1. The van der Waals surface area contributed by atoms with Gasteiger partial charge in [-0.05, 0) is 79.4 Å². The summed E-state index contributed by atoms with van der Waals surface area (Å²) in [5.74, 6) is 2.33. The molecule has 4 bridgehead atoms. The van der Waals surface area contributed by atoms with Gasteiger partial charge in [0.1, 0.15) is 5.82 Å². The van der Waals surface area contributed by atoms with Crippen molar-refractivity contribution >= 4 is 11.9 Å². The van der Waals surface area contributed by atoms with E-state index >= 15 is 0 Å². The first kappa shape index (κ1) is 26.5. The van der Waals surface area contributed by atoms with E-state index in [4.69, 9.17) is 0 Å². The molecule has 1 aromatic carbocycles. The monoisotopic (exact) mass is 512 g/mol. The fourth-order valence-electron chi connectivity index (χ4n) is 7.67. The lowest BCUT2D eigenvalue weighted by Crippen LogP contribution is -2.63. The van der Waals surface area contributed by atoms with Gasteiger partial charge in [-0.15, -0.1) is 0 Å². The lowest BCUT2D eigenvalue weighted by molar-refractivity contribution is -0.134. The molecule has 1 N–H and O–H groups in total. The van der Waals surface area contributed by atoms with Crippen LogP contribution in [0.15, 0.2) is 24.3 Å². The summed E-state index contributed by atoms with van der Waals surface area (Å²) in [5, 5.41) is 3.52. The first-order valence-electron chi connectivity index (χ1n) is 14.4. The van der Waals surface area contributed by atoms with Crippen LogP contribution in [0.2, 0.25) is 0 Å². The van der Waals surface area contributed by atoms with Crippen molar-refractivity contribution in [2.24, 2.45) is 23.2 Å². The first-order valence-corrected chi connectivity index (χ1v) is 14.4. The number of nitrogens with one attached hydrogen (secondary N) is 1. The number of carbonyl (C=O) groups is 2. The number of hydrogen-bond donors (Lipinski definition) is 1. The van der Waals surface area contributed by atoms with E-state index < -0.39 is 0 Å². The molecule has 204 valence electrons. The van der Waals surface area contributed by atoms with Crippen LogP contribution in [0, 0.1) is 29.0 Å². The van der Waals surface area contributed by atoms with Crippen molar-refractivity contribution < 1.29 is 14.0 Å². The van der Waals surface area contributed by atoms with Gasteiger partial charge >= 0.3 is 6.03 Å². The highest BCUT2D eigenvalue weighted by molar-refractivity contribution is 5.77. The van der Waals surface area contributed by atoms with Crippen LogP contribution in [0.3, 0.4) is 0 Å². The van der Waals surface area contributed by atoms with E-state index in [1.807, 2.05) is 9.80 Å². The highest BCUT2D eigenvalue weighted by atomic mass is 19.1. The molecular formula is C30H45FN4O2. The van der Waals surface area contributed by atoms with Crippen LogP contribution in [0.25, 0.3) is 0 Å². The molecule has 1 aliphatic heterocycles. The summed E-state index contributed by atoms with van der Waals surface area (Å²) in [4.78, 5) is 32.6. The minimum absolute atomic E-state index is 0.0528. The molecule has 6 nitrogen and oxygen atoms in total. The predicted molar refractivity (Wildman–Crippen MR) is 143 cm³/mol. The molecule has 7 heteroatoms. The van der Waals surface area contributed by atoms with Gasteiger partial charge < -0.3 is 15.1 Å². The van der Waals surface area contributed by atoms with E-state index in [9.17, 15) is 14.0 Å². The molecule has 0 atom stereocenters. The van der Waals surface area contributed by atoms with Gasteiger partial charge in [-0.2, -0.15) is 0 Å². The molecule has 5 aliphatic rings. The second-order valence-electron chi connectivity index (χ2n) is 13.6. The normalized spacial score (nSPS) is 29.4. The van der Waals surface area contributed by atoms with Gasteiger partial charge in [0.15, 0.2) is 0 Å². The molecule has 1 aromatic rings. The van der Waals surface area contributed by atoms with Crippen molar-refractivity contribution in [1.29, 1.82) is 0 Å². The number of carbonyl (C=O) groups excluding carboxylic acids is 2. The molecule has 5 fully saturated rings. The molecule has 1 heterocycles. The largest absolute Gasteiger partial charge is 0.337 e. The topological polar surface area (TPSA) is 55.9 Å². The first-order chi connectivity index (χ1) is 17.6. The standard InChI is InChI=1S/C30H45FN4O2/c1-29(2,3)20-27(36)35(21-22-4-6-26(31)7-5-22)13-10-33-8-11-34(12-9-33)28(37)32-30-17-23-14-24(18-30)16-25(15-23)19-30/h4-7,23-25H,8-21H2,1-3H3,(H,32,37). The van der Waals surface area contributed by atoms with Gasteiger partial charge in [0, 0.05) is 57.8 Å². The fourth-order valence-corrected chi connectivity index (χ4v) is 7.67. The zero-order chi connectivity index (χ0) is 26.2. The Kier molecular flexibility index (Phi) is 7.54. The molecule has 0 unspecified atom stereocenters. The van der Waals surface area contributed by atoms with E-state index in [0.717, 1.165) is 56.0 Å². The molecule has 3 amide bonds. The maximum atomic E-state index is 13.4. The van der Waals surface area contributed by atoms with Crippen LogP contribution in [-0.2, 0) is 11.3 Å². The second kappa shape index (κ2) is 10.5. The Bertz CT molecular complexity index is 930. The van der Waals surface area contributed by atoms with Crippen LogP contribution in [-0.4, -0.2) is 71.4 Å². The van der Waals surface area contributed by atoms with E-state index in [-0.39, 0.29) is 28.7 Å². The zero-order valence-corrected chi connectivity index (χ0v) is 23.0. The summed E-state index contributed by atoms with van der Waals surface area (Å²) < 4.78 is 13.4. The minimum atomic E-state index is -0.263. The third-order valence-electron chi connectivity index (χ3n) is 9.08. The van der Waals surface area contributed by atoms with Gasteiger partial charge in [0.2, 0.25) is 5.91 Å². The molecule has 4 saturated carbocycles. The van der Waals surface area contributed by atoms with Crippen molar-refractivity contribution in [3.8, 4) is 0 Å². The summed E-state index contributed by atoms with van der Waals surface area (Å²) in [5.41, 5.74) is 0.903. The highest BCUT2D eigenvalue weighted by Crippen LogP contribution is 2.55. The van der Waals surface area contributed by atoms with E-state index in [1.54, 1.807) is 12.1 Å². The second-order valence-corrected chi connectivity index (χ2v) is 13.6. The lowest BCUT2D eigenvalue weighted by Gasteiger charge is -2.57. The third-order valence-corrected chi connectivity index (χ3v) is 9.08. The van der Waals surface area contributed by atoms with Crippen LogP contribution in [0.1, 0.15) is 71.3 Å². The number of amides is 3. The van der Waals surface area contributed by atoms with Crippen molar-refractivity contribution in [1.82, 2.24) is 20.0 Å². The lowest BCUT2D eigenvalue weighted by atomic mass is 9.53. The Morgan fingerprint density at radius 3 is 2.08 bits per heavy atom. The zero-order valence-electron chi connectivity index (χ0n) is 23.0. The SMILES string of the molecule is CC(C)(C)CC(=O)N(CCN1CCN(C(=O)NC23CC4CC(CC(C4)C2)C3)CC1)Cc1ccc(F)cc1. The average molecular weight is 513 g/mol. The van der Waals surface area contributed by atoms with Gasteiger partial charge in [-0.25, -0.2) is 9.18 Å². The molecule has 0 spiro atoms. The number of piperazine rings is 1. The maximum absolute atomic E-state index is 13.4. The minimum Gasteiger partial charge on any atom is -0.337 e. The van der Waals surface area contributed by atoms with Crippen LogP contribution >= 0.6 is 0 Å². The Morgan fingerprint density at radius 2 is 1.54 bits per heavy atom. The van der Waals surface area contributed by atoms with Crippen molar-refractivity contribution in [3.05, 3.63) is 35.6 Å². The molecule has 4 aliphatic carbocycles. The van der Waals surface area contributed by atoms with Crippen LogP contribution in [0.4, 0.5) is 9.18 Å². The summed E-state index contributed by atoms with van der Waals surface area (Å²) in [6, 6.07) is 6.55. The number of nitrogens with zero attached hydrogens (tertiary/aromatic N) is 3. The quantitative estimate of drug-likeness (QED) is 0.566. The molecule has 37 heavy (non-hydrogen) atoms. The number of halogens is 1. The van der Waals surface area contributed by atoms with Crippen molar-refractivity contribution in [2.45, 2.75) is 77.8 Å². The number of urea groups is 1. The van der Waals surface area contributed by atoms with Gasteiger partial charge in [-0.1, -0.05) is 32.9 Å². The molecule has 6 rings (SSSR count). The number of rotatable bonds is 7. The van der Waals surface area contributed by atoms with Crippen LogP contribution in [0.5, 0.6) is 0 Å². The fraction of sp³-hybridized carbons (Fsp3) is 0.733. The average Bonchev–Trinajstić information content (AvgIpc) is 2.81. The molecular weight excluding hydrogens is 467 g/mol. The number of hydrogen-bond acceptors (Lipinski definition) is 3. The highest BCUT2D eigenvalue weighted by Gasteiger charge is 2.51. The summed E-state index contributed by atoms with van der Waals surface area (Å²) in [7, 11) is 0. The maximum Gasteiger partial charge on any atom is 0.317 e. The van der Waals surface area contributed by atoms with Crippen molar-refractivity contribution in [2.75, 3.05) is 39.3 Å².